The zero-order chi connectivity index (χ0) is 13.5. The first-order chi connectivity index (χ1) is 9.24. The molecular weight excluding hydrogens is 238 g/mol. The van der Waals surface area contributed by atoms with Crippen LogP contribution in [0.5, 0.6) is 11.5 Å². The molecule has 0 aliphatic carbocycles. The van der Waals surface area contributed by atoms with Crippen LogP contribution in [-0.4, -0.2) is 12.5 Å². The van der Waals surface area contributed by atoms with E-state index in [4.69, 9.17) is 4.74 Å². The second-order valence-electron chi connectivity index (χ2n) is 4.13. The Balaban J connectivity index is 1.89. The van der Waals surface area contributed by atoms with E-state index in [1.807, 2.05) is 61.0 Å². The molecule has 0 saturated carbocycles. The Morgan fingerprint density at radius 2 is 1.68 bits per heavy atom. The Morgan fingerprint density at radius 3 is 2.32 bits per heavy atom. The minimum atomic E-state index is -0.0275. The van der Waals surface area contributed by atoms with E-state index < -0.39 is 0 Å². The van der Waals surface area contributed by atoms with Crippen LogP contribution in [-0.2, 0) is 4.79 Å². The van der Waals surface area contributed by atoms with Crippen molar-refractivity contribution in [3.8, 4) is 11.5 Å². The molecular formula is C16H16NO2. The van der Waals surface area contributed by atoms with Gasteiger partial charge < -0.3 is 10.1 Å². The molecule has 1 radical (unpaired) electrons. The van der Waals surface area contributed by atoms with E-state index in [1.54, 1.807) is 0 Å². The molecule has 3 heteroatoms. The van der Waals surface area contributed by atoms with Gasteiger partial charge >= 0.3 is 0 Å². The first-order valence-corrected chi connectivity index (χ1v) is 6.14. The first-order valence-electron chi connectivity index (χ1n) is 6.14. The largest absolute Gasteiger partial charge is 0.457 e. The molecule has 0 atom stereocenters. The van der Waals surface area contributed by atoms with Gasteiger partial charge in [-0.05, 0) is 29.8 Å². The lowest BCUT2D eigenvalue weighted by molar-refractivity contribution is -0.118. The minimum Gasteiger partial charge on any atom is -0.457 e. The van der Waals surface area contributed by atoms with Crippen LogP contribution >= 0.6 is 0 Å². The first kappa shape index (κ1) is 13.1. The van der Waals surface area contributed by atoms with Crippen molar-refractivity contribution in [1.29, 1.82) is 0 Å². The molecule has 0 aromatic heterocycles. The molecule has 3 nitrogen and oxygen atoms in total. The second-order valence-corrected chi connectivity index (χ2v) is 4.13. The van der Waals surface area contributed by atoms with Crippen LogP contribution in [0.3, 0.4) is 0 Å². The zero-order valence-electron chi connectivity index (χ0n) is 10.8. The standard InChI is InChI=1S/C16H16NO2/c1-13(18)17-12-11-14-7-9-16(10-8-14)19-15-5-3-2-4-6-15/h2-11H,12H2,1H3,(H,17,18). The fourth-order valence-corrected chi connectivity index (χ4v) is 1.61. The molecule has 0 heterocycles. The van der Waals surface area contributed by atoms with Crippen LogP contribution in [0.15, 0.2) is 54.6 Å². The van der Waals surface area contributed by atoms with Crippen molar-refractivity contribution in [3.63, 3.8) is 0 Å². The number of ether oxygens (including phenoxy) is 1. The predicted molar refractivity (Wildman–Crippen MR) is 75.0 cm³/mol. The van der Waals surface area contributed by atoms with E-state index in [1.165, 1.54) is 6.92 Å². The average Bonchev–Trinajstić information content (AvgIpc) is 2.42. The predicted octanol–water partition coefficient (Wildman–Crippen LogP) is 3.17. The van der Waals surface area contributed by atoms with Crippen LogP contribution in [0.1, 0.15) is 12.5 Å². The Kier molecular flexibility index (Phi) is 4.56. The van der Waals surface area contributed by atoms with Gasteiger partial charge in [0.2, 0.25) is 5.91 Å². The number of carbonyl (C=O) groups is 1. The van der Waals surface area contributed by atoms with E-state index in [2.05, 4.69) is 5.32 Å². The van der Waals surface area contributed by atoms with Crippen LogP contribution in [0, 0.1) is 6.42 Å². The Morgan fingerprint density at radius 1 is 1.05 bits per heavy atom. The van der Waals surface area contributed by atoms with Gasteiger partial charge in [-0.3, -0.25) is 4.79 Å². The third-order valence-corrected chi connectivity index (χ3v) is 2.55. The van der Waals surface area contributed by atoms with Crippen LogP contribution in [0.2, 0.25) is 0 Å². The highest BCUT2D eigenvalue weighted by atomic mass is 16.5. The molecule has 97 valence electrons. The summed E-state index contributed by atoms with van der Waals surface area (Å²) in [6, 6.07) is 17.4. The Labute approximate surface area is 113 Å². The third kappa shape index (κ3) is 4.47. The molecule has 0 spiro atoms. The van der Waals surface area contributed by atoms with E-state index in [0.29, 0.717) is 6.54 Å². The van der Waals surface area contributed by atoms with Crippen LogP contribution in [0.4, 0.5) is 0 Å². The summed E-state index contributed by atoms with van der Waals surface area (Å²) in [5, 5.41) is 2.72. The Hall–Kier alpha value is -2.29. The lowest BCUT2D eigenvalue weighted by atomic mass is 10.1. The summed E-state index contributed by atoms with van der Waals surface area (Å²) in [4.78, 5) is 10.7. The highest BCUT2D eigenvalue weighted by Gasteiger charge is 1.98. The maximum Gasteiger partial charge on any atom is 0.216 e. The fraction of sp³-hybridized carbons (Fsp3) is 0.125. The molecule has 19 heavy (non-hydrogen) atoms. The summed E-state index contributed by atoms with van der Waals surface area (Å²) in [5.74, 6) is 1.58. The molecule has 2 aromatic rings. The topological polar surface area (TPSA) is 38.3 Å². The summed E-state index contributed by atoms with van der Waals surface area (Å²) in [7, 11) is 0. The average molecular weight is 254 g/mol. The number of amides is 1. The van der Waals surface area contributed by atoms with Gasteiger partial charge in [0.15, 0.2) is 0 Å². The van der Waals surface area contributed by atoms with Gasteiger partial charge in [0.25, 0.3) is 0 Å². The van der Waals surface area contributed by atoms with Gasteiger partial charge in [-0.2, -0.15) is 0 Å². The van der Waals surface area contributed by atoms with Crippen molar-refractivity contribution in [3.05, 3.63) is 66.6 Å². The van der Waals surface area contributed by atoms with E-state index in [-0.39, 0.29) is 5.91 Å². The van der Waals surface area contributed by atoms with Crippen molar-refractivity contribution in [2.24, 2.45) is 0 Å². The van der Waals surface area contributed by atoms with Gasteiger partial charge in [0.1, 0.15) is 11.5 Å². The van der Waals surface area contributed by atoms with Crippen molar-refractivity contribution in [2.45, 2.75) is 6.92 Å². The molecule has 0 aliphatic heterocycles. The van der Waals surface area contributed by atoms with Gasteiger partial charge in [-0.25, -0.2) is 0 Å². The van der Waals surface area contributed by atoms with E-state index in [0.717, 1.165) is 17.1 Å². The van der Waals surface area contributed by atoms with E-state index in [9.17, 15) is 4.79 Å². The van der Waals surface area contributed by atoms with Crippen molar-refractivity contribution < 1.29 is 9.53 Å². The SMILES string of the molecule is CC(=O)NC[CH]c1ccc(Oc2ccccc2)cc1. The van der Waals surface area contributed by atoms with Gasteiger partial charge in [-0.15, -0.1) is 0 Å². The van der Waals surface area contributed by atoms with E-state index >= 15 is 0 Å². The number of hydrogen-bond acceptors (Lipinski definition) is 2. The highest BCUT2D eigenvalue weighted by Crippen LogP contribution is 2.21. The van der Waals surface area contributed by atoms with Crippen LogP contribution < -0.4 is 10.1 Å². The maximum absolute atomic E-state index is 10.7. The molecule has 2 aromatic carbocycles. The molecule has 1 N–H and O–H groups in total. The number of carbonyl (C=O) groups excluding carboxylic acids is 1. The number of rotatable bonds is 5. The quantitative estimate of drug-likeness (QED) is 0.890. The molecule has 0 unspecified atom stereocenters. The minimum absolute atomic E-state index is 0.0275. The van der Waals surface area contributed by atoms with Gasteiger partial charge in [-0.1, -0.05) is 30.3 Å². The summed E-state index contributed by atoms with van der Waals surface area (Å²) in [6.07, 6.45) is 1.95. The van der Waals surface area contributed by atoms with Crippen molar-refractivity contribution in [2.75, 3.05) is 6.54 Å². The number of nitrogens with one attached hydrogen (secondary N) is 1. The third-order valence-electron chi connectivity index (χ3n) is 2.55. The zero-order valence-corrected chi connectivity index (χ0v) is 10.8. The maximum atomic E-state index is 10.7. The van der Waals surface area contributed by atoms with Gasteiger partial charge in [0.05, 0.1) is 0 Å². The molecule has 0 fully saturated rings. The summed E-state index contributed by atoms with van der Waals surface area (Å²) in [6.45, 7) is 2.04. The van der Waals surface area contributed by atoms with Crippen LogP contribution in [0.25, 0.3) is 0 Å². The number of para-hydroxylation sites is 1. The molecule has 1 amide bonds. The lowest BCUT2D eigenvalue weighted by Gasteiger charge is -2.06. The molecule has 2 rings (SSSR count). The summed E-state index contributed by atoms with van der Waals surface area (Å²) >= 11 is 0. The van der Waals surface area contributed by atoms with Crippen molar-refractivity contribution >= 4 is 5.91 Å². The lowest BCUT2D eigenvalue weighted by Crippen LogP contribution is -2.21. The number of benzene rings is 2. The monoisotopic (exact) mass is 254 g/mol. The fourth-order valence-electron chi connectivity index (χ4n) is 1.61. The molecule has 0 saturated heterocycles. The second kappa shape index (κ2) is 6.59. The molecule has 0 aliphatic rings. The molecule has 0 bridgehead atoms. The summed E-state index contributed by atoms with van der Waals surface area (Å²) < 4.78 is 5.69. The Bertz CT molecular complexity index is 520. The number of hydrogen-bond donors (Lipinski definition) is 1. The highest BCUT2D eigenvalue weighted by molar-refractivity contribution is 5.72. The smallest absolute Gasteiger partial charge is 0.216 e. The van der Waals surface area contributed by atoms with Crippen molar-refractivity contribution in [1.82, 2.24) is 5.32 Å². The normalized spacial score (nSPS) is 9.95. The summed E-state index contributed by atoms with van der Waals surface area (Å²) in [5.41, 5.74) is 1.05. The van der Waals surface area contributed by atoms with Gasteiger partial charge in [0, 0.05) is 19.9 Å².